The Morgan fingerprint density at radius 3 is 2.15 bits per heavy atom. The number of amides is 1. The molecule has 4 bridgehead atoms. The molecule has 1 unspecified atom stereocenters. The van der Waals surface area contributed by atoms with Gasteiger partial charge in [0.05, 0.1) is 0 Å². The highest BCUT2D eigenvalue weighted by Crippen LogP contribution is 2.60. The summed E-state index contributed by atoms with van der Waals surface area (Å²) in [6, 6.07) is 0.384. The van der Waals surface area contributed by atoms with Gasteiger partial charge in [-0.1, -0.05) is 0 Å². The van der Waals surface area contributed by atoms with Crippen LogP contribution in [0.1, 0.15) is 51.4 Å². The lowest BCUT2D eigenvalue weighted by atomic mass is 9.49. The first-order chi connectivity index (χ1) is 9.23. The summed E-state index contributed by atoms with van der Waals surface area (Å²) >= 11 is 0. The Morgan fingerprint density at radius 1 is 1.05 bits per heavy atom. The zero-order chi connectivity index (χ0) is 12.9. The third-order valence-electron chi connectivity index (χ3n) is 6.15. The number of carbonyl (C=O) groups is 1. The van der Waals surface area contributed by atoms with E-state index in [0.717, 1.165) is 37.3 Å². The average Bonchev–Trinajstić information content (AvgIpc) is 2.38. The monoisotopic (exact) mass is 298 g/mol. The molecule has 1 aliphatic heterocycles. The van der Waals surface area contributed by atoms with Gasteiger partial charge < -0.3 is 10.6 Å². The fourth-order valence-corrected chi connectivity index (χ4v) is 5.70. The first kappa shape index (κ1) is 14.6. The van der Waals surface area contributed by atoms with Crippen molar-refractivity contribution in [2.24, 2.45) is 23.2 Å². The van der Waals surface area contributed by atoms with Crippen molar-refractivity contribution in [3.8, 4) is 0 Å². The van der Waals surface area contributed by atoms with E-state index in [2.05, 4.69) is 10.6 Å². The van der Waals surface area contributed by atoms with Crippen molar-refractivity contribution in [3.05, 3.63) is 0 Å². The summed E-state index contributed by atoms with van der Waals surface area (Å²) in [4.78, 5) is 12.8. The van der Waals surface area contributed by atoms with Gasteiger partial charge in [-0.25, -0.2) is 0 Å². The second kappa shape index (κ2) is 5.49. The van der Waals surface area contributed by atoms with E-state index in [9.17, 15) is 4.79 Å². The van der Waals surface area contributed by atoms with Crippen molar-refractivity contribution in [2.75, 3.05) is 13.1 Å². The van der Waals surface area contributed by atoms with Crippen LogP contribution in [-0.2, 0) is 4.79 Å². The molecule has 1 atom stereocenters. The maximum atomic E-state index is 12.8. The van der Waals surface area contributed by atoms with Crippen molar-refractivity contribution in [1.29, 1.82) is 0 Å². The fraction of sp³-hybridized carbons (Fsp3) is 0.938. The summed E-state index contributed by atoms with van der Waals surface area (Å²) in [7, 11) is 0. The van der Waals surface area contributed by atoms with Crippen LogP contribution in [0.4, 0.5) is 0 Å². The maximum Gasteiger partial charge on any atom is 0.226 e. The molecule has 0 spiro atoms. The van der Waals surface area contributed by atoms with Crippen LogP contribution in [0.3, 0.4) is 0 Å². The van der Waals surface area contributed by atoms with E-state index in [1.807, 2.05) is 0 Å². The van der Waals surface area contributed by atoms with Crippen LogP contribution in [0.15, 0.2) is 0 Å². The van der Waals surface area contributed by atoms with E-state index in [1.54, 1.807) is 0 Å². The Hall–Kier alpha value is -0.280. The molecule has 0 radical (unpaired) electrons. The van der Waals surface area contributed by atoms with Gasteiger partial charge >= 0.3 is 0 Å². The molecule has 5 aliphatic rings. The first-order valence-corrected chi connectivity index (χ1v) is 8.25. The molecule has 1 saturated heterocycles. The summed E-state index contributed by atoms with van der Waals surface area (Å²) < 4.78 is 0. The molecule has 4 heteroatoms. The number of piperidine rings is 1. The lowest BCUT2D eigenvalue weighted by Gasteiger charge is -2.56. The minimum atomic E-state index is 0. The maximum absolute atomic E-state index is 12.8. The highest BCUT2D eigenvalue weighted by molar-refractivity contribution is 5.85. The molecule has 0 aromatic rings. The molecular weight excluding hydrogens is 272 g/mol. The molecule has 5 fully saturated rings. The van der Waals surface area contributed by atoms with Crippen molar-refractivity contribution >= 4 is 18.3 Å². The molecule has 1 heterocycles. The van der Waals surface area contributed by atoms with Crippen LogP contribution in [0, 0.1) is 23.2 Å². The van der Waals surface area contributed by atoms with E-state index in [4.69, 9.17) is 0 Å². The second-order valence-corrected chi connectivity index (χ2v) is 7.71. The fourth-order valence-electron chi connectivity index (χ4n) is 5.70. The molecule has 20 heavy (non-hydrogen) atoms. The van der Waals surface area contributed by atoms with Crippen molar-refractivity contribution in [1.82, 2.24) is 10.6 Å². The first-order valence-electron chi connectivity index (χ1n) is 8.25. The molecule has 4 aliphatic carbocycles. The lowest BCUT2D eigenvalue weighted by molar-refractivity contribution is -0.147. The molecule has 3 nitrogen and oxygen atoms in total. The Labute approximate surface area is 128 Å². The number of nitrogens with one attached hydrogen (secondary N) is 2. The van der Waals surface area contributed by atoms with Crippen molar-refractivity contribution in [2.45, 2.75) is 57.4 Å². The van der Waals surface area contributed by atoms with Gasteiger partial charge in [0.15, 0.2) is 0 Å². The van der Waals surface area contributed by atoms with Gasteiger partial charge in [-0.05, 0) is 75.7 Å². The number of halogens is 1. The standard InChI is InChI=1S/C16H26N2O.ClH/c19-15(18-14-2-1-3-17-10-14)16-7-11-4-12(8-16)6-13(5-11)9-16;/h11-14,17H,1-10H2,(H,18,19);1H. The normalized spacial score (nSPS) is 45.8. The van der Waals surface area contributed by atoms with Gasteiger partial charge in [-0.3, -0.25) is 4.79 Å². The van der Waals surface area contributed by atoms with Crippen LogP contribution in [-0.4, -0.2) is 25.0 Å². The Balaban J connectivity index is 0.00000121. The van der Waals surface area contributed by atoms with Gasteiger partial charge in [0, 0.05) is 18.0 Å². The highest BCUT2D eigenvalue weighted by Gasteiger charge is 2.54. The van der Waals surface area contributed by atoms with Gasteiger partial charge in [-0.15, -0.1) is 12.4 Å². The van der Waals surface area contributed by atoms with E-state index in [-0.39, 0.29) is 17.8 Å². The molecular formula is C16H27ClN2O. The van der Waals surface area contributed by atoms with Gasteiger partial charge in [0.25, 0.3) is 0 Å². The average molecular weight is 299 g/mol. The Morgan fingerprint density at radius 2 is 1.65 bits per heavy atom. The SMILES string of the molecule is Cl.O=C(NC1CCCNC1)C12CC3CC(CC(C3)C1)C2. The molecule has 0 aromatic carbocycles. The minimum absolute atomic E-state index is 0. The Bertz CT molecular complexity index is 343. The third kappa shape index (κ3) is 2.48. The summed E-state index contributed by atoms with van der Waals surface area (Å²) in [5, 5.41) is 6.77. The van der Waals surface area contributed by atoms with Gasteiger partial charge in [0.1, 0.15) is 0 Å². The summed E-state index contributed by atoms with van der Waals surface area (Å²) in [6.07, 6.45) is 10.2. The van der Waals surface area contributed by atoms with Crippen LogP contribution in [0.2, 0.25) is 0 Å². The quantitative estimate of drug-likeness (QED) is 0.822. The number of carbonyl (C=O) groups excluding carboxylic acids is 1. The zero-order valence-corrected chi connectivity index (χ0v) is 13.0. The molecule has 1 amide bonds. The molecule has 114 valence electrons. The van der Waals surface area contributed by atoms with Gasteiger partial charge in [-0.2, -0.15) is 0 Å². The second-order valence-electron chi connectivity index (χ2n) is 7.71. The van der Waals surface area contributed by atoms with Crippen molar-refractivity contribution < 1.29 is 4.79 Å². The van der Waals surface area contributed by atoms with E-state index < -0.39 is 0 Å². The van der Waals surface area contributed by atoms with Crippen LogP contribution in [0.25, 0.3) is 0 Å². The molecule has 0 aromatic heterocycles. The molecule has 5 rings (SSSR count). The van der Waals surface area contributed by atoms with Crippen LogP contribution >= 0.6 is 12.4 Å². The van der Waals surface area contributed by atoms with E-state index in [1.165, 1.54) is 44.9 Å². The van der Waals surface area contributed by atoms with E-state index >= 15 is 0 Å². The smallest absolute Gasteiger partial charge is 0.226 e. The highest BCUT2D eigenvalue weighted by atomic mass is 35.5. The predicted molar refractivity (Wildman–Crippen MR) is 81.9 cm³/mol. The zero-order valence-electron chi connectivity index (χ0n) is 12.2. The van der Waals surface area contributed by atoms with E-state index in [0.29, 0.717) is 11.9 Å². The van der Waals surface area contributed by atoms with Crippen LogP contribution in [0.5, 0.6) is 0 Å². The minimum Gasteiger partial charge on any atom is -0.352 e. The predicted octanol–water partition coefficient (Wildman–Crippen LogP) is 2.49. The summed E-state index contributed by atoms with van der Waals surface area (Å²) in [5.41, 5.74) is 0.0339. The third-order valence-corrected chi connectivity index (χ3v) is 6.15. The van der Waals surface area contributed by atoms with Gasteiger partial charge in [0.2, 0.25) is 5.91 Å². The largest absolute Gasteiger partial charge is 0.352 e. The van der Waals surface area contributed by atoms with Crippen LogP contribution < -0.4 is 10.6 Å². The summed E-state index contributed by atoms with van der Waals surface area (Å²) in [6.45, 7) is 2.09. The van der Waals surface area contributed by atoms with Crippen molar-refractivity contribution in [3.63, 3.8) is 0 Å². The molecule has 2 N–H and O–H groups in total. The summed E-state index contributed by atoms with van der Waals surface area (Å²) in [5.74, 6) is 2.99. The molecule has 4 saturated carbocycles. The number of rotatable bonds is 2. The lowest BCUT2D eigenvalue weighted by Crippen LogP contribution is -2.57. The number of hydrogen-bond donors (Lipinski definition) is 2. The number of hydrogen-bond acceptors (Lipinski definition) is 2. The topological polar surface area (TPSA) is 41.1 Å². The Kier molecular flexibility index (Phi) is 4.02.